The highest BCUT2D eigenvalue weighted by Crippen LogP contribution is 2.26. The van der Waals surface area contributed by atoms with Crippen molar-refractivity contribution in [1.82, 2.24) is 10.2 Å². The molecule has 0 radical (unpaired) electrons. The number of rotatable bonds is 4. The average Bonchev–Trinajstić information content (AvgIpc) is 2.39. The molecule has 1 N–H and O–H groups in total. The summed E-state index contributed by atoms with van der Waals surface area (Å²) in [7, 11) is 0. The summed E-state index contributed by atoms with van der Waals surface area (Å²) in [6.45, 7) is 9.94. The minimum Gasteiger partial charge on any atom is -0.309 e. The molecule has 0 saturated carbocycles. The van der Waals surface area contributed by atoms with Crippen LogP contribution in [0.5, 0.6) is 0 Å². The molecule has 1 aromatic rings. The molecule has 1 saturated heterocycles. The molecule has 1 atom stereocenters. The summed E-state index contributed by atoms with van der Waals surface area (Å²) < 4.78 is 0. The van der Waals surface area contributed by atoms with Gasteiger partial charge in [-0.1, -0.05) is 42.5 Å². The molecule has 1 unspecified atom stereocenters. The lowest BCUT2D eigenvalue weighted by atomic mass is 9.94. The van der Waals surface area contributed by atoms with Crippen LogP contribution < -0.4 is 5.32 Å². The van der Waals surface area contributed by atoms with E-state index in [0.717, 1.165) is 26.1 Å². The van der Waals surface area contributed by atoms with Crippen LogP contribution in [0.15, 0.2) is 42.5 Å². The minimum atomic E-state index is 0.210. The van der Waals surface area contributed by atoms with E-state index in [1.165, 1.54) is 5.56 Å². The molecule has 0 spiro atoms. The van der Waals surface area contributed by atoms with Crippen molar-refractivity contribution in [2.24, 2.45) is 0 Å². The zero-order valence-electron chi connectivity index (χ0n) is 12.4. The fourth-order valence-corrected chi connectivity index (χ4v) is 2.82. The maximum atomic E-state index is 3.67. The molecule has 1 heterocycles. The molecular weight excluding hydrogens is 232 g/mol. The molecule has 0 amide bonds. The Kier molecular flexibility index (Phi) is 4.78. The van der Waals surface area contributed by atoms with Crippen molar-refractivity contribution in [2.45, 2.75) is 38.8 Å². The number of hydrogen-bond donors (Lipinski definition) is 1. The van der Waals surface area contributed by atoms with Gasteiger partial charge in [-0.3, -0.25) is 4.90 Å². The molecule has 0 aromatic heterocycles. The topological polar surface area (TPSA) is 15.3 Å². The molecule has 104 valence electrons. The highest BCUT2D eigenvalue weighted by molar-refractivity contribution is 5.20. The first kappa shape index (κ1) is 14.3. The van der Waals surface area contributed by atoms with Gasteiger partial charge >= 0.3 is 0 Å². The number of allylic oxidation sites excluding steroid dienone is 1. The van der Waals surface area contributed by atoms with Crippen LogP contribution in [0.3, 0.4) is 0 Å². The minimum absolute atomic E-state index is 0.210. The molecule has 19 heavy (non-hydrogen) atoms. The highest BCUT2D eigenvalue weighted by atomic mass is 15.2. The third-order valence-electron chi connectivity index (χ3n) is 3.82. The van der Waals surface area contributed by atoms with Crippen LogP contribution in [-0.4, -0.2) is 30.1 Å². The fraction of sp³-hybridized carbons (Fsp3) is 0.529. The largest absolute Gasteiger partial charge is 0.309 e. The van der Waals surface area contributed by atoms with E-state index < -0.39 is 0 Å². The van der Waals surface area contributed by atoms with E-state index in [-0.39, 0.29) is 5.54 Å². The van der Waals surface area contributed by atoms with Crippen LogP contribution in [0.25, 0.3) is 0 Å². The van der Waals surface area contributed by atoms with Gasteiger partial charge in [0, 0.05) is 31.2 Å². The molecule has 0 bridgehead atoms. The first-order chi connectivity index (χ1) is 9.12. The quantitative estimate of drug-likeness (QED) is 0.833. The summed E-state index contributed by atoms with van der Waals surface area (Å²) >= 11 is 0. The van der Waals surface area contributed by atoms with Crippen LogP contribution in [0, 0.1) is 0 Å². The van der Waals surface area contributed by atoms with E-state index in [2.05, 4.69) is 73.5 Å². The monoisotopic (exact) mass is 258 g/mol. The molecule has 1 fully saturated rings. The molecule has 2 rings (SSSR count). The fourth-order valence-electron chi connectivity index (χ4n) is 2.82. The summed E-state index contributed by atoms with van der Waals surface area (Å²) in [5.41, 5.74) is 1.63. The maximum Gasteiger partial charge on any atom is 0.0473 e. The Labute approximate surface area is 117 Å². The summed E-state index contributed by atoms with van der Waals surface area (Å²) in [6, 6.07) is 11.4. The van der Waals surface area contributed by atoms with Crippen molar-refractivity contribution in [3.8, 4) is 0 Å². The van der Waals surface area contributed by atoms with Gasteiger partial charge in [-0.15, -0.1) is 0 Å². The van der Waals surface area contributed by atoms with E-state index in [1.807, 2.05) is 0 Å². The van der Waals surface area contributed by atoms with E-state index in [1.54, 1.807) is 0 Å². The molecular formula is C17H26N2. The smallest absolute Gasteiger partial charge is 0.0473 e. The Morgan fingerprint density at radius 2 is 2.05 bits per heavy atom. The second-order valence-corrected chi connectivity index (χ2v) is 6.02. The van der Waals surface area contributed by atoms with Crippen LogP contribution >= 0.6 is 0 Å². The lowest BCUT2D eigenvalue weighted by Crippen LogP contribution is -2.58. The van der Waals surface area contributed by atoms with Gasteiger partial charge in [0.15, 0.2) is 0 Å². The van der Waals surface area contributed by atoms with Crippen LogP contribution in [0.2, 0.25) is 0 Å². The normalized spacial score (nSPS) is 23.8. The molecule has 2 nitrogen and oxygen atoms in total. The Balaban J connectivity index is 2.11. The van der Waals surface area contributed by atoms with Gasteiger partial charge in [0.25, 0.3) is 0 Å². The lowest BCUT2D eigenvalue weighted by molar-refractivity contribution is 0.0970. The molecule has 2 heteroatoms. The van der Waals surface area contributed by atoms with E-state index in [4.69, 9.17) is 0 Å². The van der Waals surface area contributed by atoms with Gasteiger partial charge in [-0.2, -0.15) is 0 Å². The lowest BCUT2D eigenvalue weighted by Gasteiger charge is -2.44. The molecule has 1 aliphatic rings. The number of benzene rings is 1. The summed E-state index contributed by atoms with van der Waals surface area (Å²) in [5, 5.41) is 3.67. The second-order valence-electron chi connectivity index (χ2n) is 6.02. The predicted octanol–water partition coefficient (Wildman–Crippen LogP) is 3.38. The van der Waals surface area contributed by atoms with Gasteiger partial charge < -0.3 is 5.32 Å². The van der Waals surface area contributed by atoms with Crippen molar-refractivity contribution in [2.75, 3.05) is 19.6 Å². The summed E-state index contributed by atoms with van der Waals surface area (Å²) in [5.74, 6) is 0. The Hall–Kier alpha value is -1.12. The van der Waals surface area contributed by atoms with Gasteiger partial charge in [0.2, 0.25) is 0 Å². The van der Waals surface area contributed by atoms with Crippen LogP contribution in [0.1, 0.15) is 38.8 Å². The highest BCUT2D eigenvalue weighted by Gasteiger charge is 2.32. The van der Waals surface area contributed by atoms with Crippen LogP contribution in [-0.2, 0) is 0 Å². The third kappa shape index (κ3) is 3.92. The number of nitrogens with one attached hydrogen (secondary N) is 1. The van der Waals surface area contributed by atoms with E-state index >= 15 is 0 Å². The van der Waals surface area contributed by atoms with Crippen molar-refractivity contribution >= 4 is 0 Å². The predicted molar refractivity (Wildman–Crippen MR) is 82.3 cm³/mol. The van der Waals surface area contributed by atoms with Gasteiger partial charge in [-0.05, 0) is 32.8 Å². The van der Waals surface area contributed by atoms with Crippen molar-refractivity contribution < 1.29 is 0 Å². The zero-order chi connectivity index (χ0) is 13.7. The van der Waals surface area contributed by atoms with Gasteiger partial charge in [0.1, 0.15) is 0 Å². The van der Waals surface area contributed by atoms with Crippen LogP contribution in [0.4, 0.5) is 0 Å². The van der Waals surface area contributed by atoms with E-state index in [0.29, 0.717) is 6.04 Å². The van der Waals surface area contributed by atoms with Gasteiger partial charge in [-0.25, -0.2) is 0 Å². The maximum absolute atomic E-state index is 3.67. The summed E-state index contributed by atoms with van der Waals surface area (Å²) in [4.78, 5) is 2.62. The molecule has 0 aliphatic carbocycles. The molecule has 1 aromatic carbocycles. The van der Waals surface area contributed by atoms with Crippen molar-refractivity contribution in [1.29, 1.82) is 0 Å². The Morgan fingerprint density at radius 1 is 1.32 bits per heavy atom. The first-order valence-corrected chi connectivity index (χ1v) is 7.27. The number of piperazine rings is 1. The zero-order valence-corrected chi connectivity index (χ0v) is 12.4. The van der Waals surface area contributed by atoms with Crippen molar-refractivity contribution in [3.05, 3.63) is 48.0 Å². The third-order valence-corrected chi connectivity index (χ3v) is 3.82. The Bertz CT molecular complexity index is 409. The van der Waals surface area contributed by atoms with E-state index in [9.17, 15) is 0 Å². The average molecular weight is 258 g/mol. The molecule has 1 aliphatic heterocycles. The SMILES string of the molecule is C/C=C/CCN1CC(C)(C)NCC1c1ccccc1. The second kappa shape index (κ2) is 6.36. The number of nitrogens with zero attached hydrogens (tertiary/aromatic N) is 1. The Morgan fingerprint density at radius 3 is 2.74 bits per heavy atom. The number of hydrogen-bond acceptors (Lipinski definition) is 2. The standard InChI is InChI=1S/C17H26N2/c1-4-5-9-12-19-14-17(2,3)18-13-16(19)15-10-7-6-8-11-15/h4-8,10-11,16,18H,9,12-14H2,1-3H3/b5-4+. The van der Waals surface area contributed by atoms with Gasteiger partial charge in [0.05, 0.1) is 0 Å². The van der Waals surface area contributed by atoms with Crippen molar-refractivity contribution in [3.63, 3.8) is 0 Å². The summed E-state index contributed by atoms with van der Waals surface area (Å²) in [6.07, 6.45) is 5.54. The first-order valence-electron chi connectivity index (χ1n) is 7.27.